The number of amides is 2. The molecule has 2 heterocycles. The van der Waals surface area contributed by atoms with E-state index in [1.807, 2.05) is 24.1 Å². The molecule has 7 aliphatic rings. The first-order valence-electron chi connectivity index (χ1n) is 29.6. The van der Waals surface area contributed by atoms with Gasteiger partial charge in [0.1, 0.15) is 17.3 Å². The minimum absolute atomic E-state index is 0. The second-order valence-electron chi connectivity index (χ2n) is 24.3. The highest BCUT2D eigenvalue weighted by molar-refractivity contribution is 5.88. The van der Waals surface area contributed by atoms with Crippen LogP contribution in [0.4, 0.5) is 0 Å². The number of aromatic amines is 1. The number of nitrogens with zero attached hydrogens (tertiary/aromatic N) is 1. The van der Waals surface area contributed by atoms with Gasteiger partial charge < -0.3 is 29.8 Å². The second kappa shape index (κ2) is 25.8. The number of para-hydroxylation sites is 1. The highest BCUT2D eigenvalue weighted by atomic mass is 16.5. The SMILES string of the molecule is C.C.CCCC(=O)N1CCCCC1.CCCC(=O)NCCc1c[nH]c2c(C)cccc12.CCOc1cc2c(cc1[C@H](C)COc1cc3c(cc1O)CC[C@@H]1C3CC[C@]3(C)C(=O)CCC13)CC[C@@H]1C2CC[C@]2(C)C(=O)CCC12. The average molecular weight is 1060 g/mol. The van der Waals surface area contributed by atoms with E-state index in [9.17, 15) is 24.3 Å². The molecule has 3 N–H and O–H groups in total. The van der Waals surface area contributed by atoms with Crippen LogP contribution in [0.2, 0.25) is 0 Å². The fraction of sp³-hybridized carbons (Fsp3) is 0.642. The van der Waals surface area contributed by atoms with Crippen LogP contribution in [0.3, 0.4) is 0 Å². The van der Waals surface area contributed by atoms with Gasteiger partial charge in [-0.1, -0.05) is 73.7 Å². The molecule has 0 bridgehead atoms. The van der Waals surface area contributed by atoms with E-state index in [0.717, 1.165) is 115 Å². The summed E-state index contributed by atoms with van der Waals surface area (Å²) < 4.78 is 12.8. The maximum absolute atomic E-state index is 12.8. The zero-order valence-electron chi connectivity index (χ0n) is 46.7. The third kappa shape index (κ3) is 12.2. The number of ether oxygens (including phenoxy) is 2. The van der Waals surface area contributed by atoms with E-state index in [4.69, 9.17) is 9.47 Å². The number of H-pyrrole nitrogens is 1. The normalized spacial score (nSPS) is 27.0. The van der Waals surface area contributed by atoms with Gasteiger partial charge >= 0.3 is 0 Å². The van der Waals surface area contributed by atoms with Crippen molar-refractivity contribution in [3.05, 3.63) is 87.6 Å². The van der Waals surface area contributed by atoms with Gasteiger partial charge in [-0.15, -0.1) is 0 Å². The average Bonchev–Trinajstić information content (AvgIpc) is 4.23. The van der Waals surface area contributed by atoms with E-state index < -0.39 is 0 Å². The summed E-state index contributed by atoms with van der Waals surface area (Å²) >= 11 is 0. The largest absolute Gasteiger partial charge is 0.504 e. The molecule has 4 saturated carbocycles. The molecule has 10 nitrogen and oxygen atoms in total. The number of ketones is 2. The molecule has 4 unspecified atom stereocenters. The van der Waals surface area contributed by atoms with Crippen molar-refractivity contribution < 1.29 is 33.8 Å². The van der Waals surface area contributed by atoms with Gasteiger partial charge in [0, 0.05) is 84.7 Å². The van der Waals surface area contributed by atoms with Crippen LogP contribution in [0, 0.1) is 41.4 Å². The number of carbonyl (C=O) groups excluding carboxylic acids is 4. The van der Waals surface area contributed by atoms with Gasteiger partial charge in [-0.2, -0.15) is 0 Å². The molecule has 5 fully saturated rings. The molecule has 3 aromatic carbocycles. The molecule has 1 saturated heterocycles. The Kier molecular flexibility index (Phi) is 19.9. The van der Waals surface area contributed by atoms with Gasteiger partial charge in [0.2, 0.25) is 11.8 Å². The molecular weight excluding hydrogens is 959 g/mol. The van der Waals surface area contributed by atoms with Crippen molar-refractivity contribution in [2.24, 2.45) is 34.5 Å². The van der Waals surface area contributed by atoms with E-state index in [1.54, 1.807) is 0 Å². The molecule has 0 spiro atoms. The standard InChI is InChI=1S/C41H52O5.C15H20N2O.C9H17NO.2CH4/c1-5-45-36-20-31-24(6-8-28-26(31)14-16-40(3)33(28)10-12-38(40)43)18-30(36)23(2)22-46-37-21-32-25(19-35(37)42)7-9-29-27(32)15-17-41(4)34(29)11-13-39(41)44;1-3-5-14(18)16-9-8-12-10-17-15-11(2)6-4-7-13(12)15;1-2-6-9(11)10-7-4-3-5-8-10;;/h18-21,23,26-29,33-34,42H,5-17,22H2,1-4H3;4,6-7,10,17H,3,5,8-9H2,1-2H3,(H,16,18);2-8H2,1H3;2*1H4/t23-,26?,27?,28-,29-,33?,34?,40+,41+;;;;/m1..../s1. The highest BCUT2D eigenvalue weighted by Crippen LogP contribution is 2.61. The lowest BCUT2D eigenvalue weighted by Gasteiger charge is -2.48. The molecule has 1 aliphatic heterocycles. The van der Waals surface area contributed by atoms with Crippen LogP contribution in [0.25, 0.3) is 10.9 Å². The summed E-state index contributed by atoms with van der Waals surface area (Å²) in [6, 6.07) is 15.1. The Labute approximate surface area is 463 Å². The van der Waals surface area contributed by atoms with E-state index >= 15 is 0 Å². The number of phenolic OH excluding ortho intramolecular Hbond substituents is 1. The van der Waals surface area contributed by atoms with E-state index in [0.29, 0.717) is 84.9 Å². The van der Waals surface area contributed by atoms with Crippen LogP contribution in [0.15, 0.2) is 48.7 Å². The molecule has 4 aromatic rings. The zero-order chi connectivity index (χ0) is 53.0. The van der Waals surface area contributed by atoms with Crippen molar-refractivity contribution in [3.8, 4) is 17.2 Å². The minimum atomic E-state index is -0.133. The zero-order valence-corrected chi connectivity index (χ0v) is 46.7. The number of fused-ring (bicyclic) bond motifs is 11. The van der Waals surface area contributed by atoms with Crippen molar-refractivity contribution >= 4 is 34.3 Å². The Morgan fingerprint density at radius 3 is 1.96 bits per heavy atom. The molecule has 77 heavy (non-hydrogen) atoms. The van der Waals surface area contributed by atoms with Crippen LogP contribution in [-0.4, -0.2) is 71.2 Å². The summed E-state index contributed by atoms with van der Waals surface area (Å²) in [5.41, 5.74) is 10.2. The van der Waals surface area contributed by atoms with Crippen LogP contribution in [-0.2, 0) is 38.4 Å². The van der Waals surface area contributed by atoms with E-state index in [-0.39, 0.29) is 43.3 Å². The van der Waals surface area contributed by atoms with Crippen molar-refractivity contribution in [3.63, 3.8) is 0 Å². The number of benzene rings is 3. The molecular formula is C67H97N3O7. The van der Waals surface area contributed by atoms with Gasteiger partial charge in [-0.05, 0) is 204 Å². The fourth-order valence-corrected chi connectivity index (χ4v) is 15.6. The quantitative estimate of drug-likeness (QED) is 0.121. The van der Waals surface area contributed by atoms with Crippen LogP contribution < -0.4 is 14.8 Å². The van der Waals surface area contributed by atoms with Crippen LogP contribution in [0.5, 0.6) is 17.2 Å². The molecule has 6 aliphatic carbocycles. The number of rotatable bonds is 13. The van der Waals surface area contributed by atoms with Gasteiger partial charge in [0.25, 0.3) is 0 Å². The first kappa shape index (κ1) is 59.5. The van der Waals surface area contributed by atoms with E-state index in [1.165, 1.54) is 75.5 Å². The van der Waals surface area contributed by atoms with Crippen molar-refractivity contribution in [1.29, 1.82) is 0 Å². The van der Waals surface area contributed by atoms with Gasteiger partial charge in [0.15, 0.2) is 11.5 Å². The Morgan fingerprint density at radius 2 is 1.36 bits per heavy atom. The lowest BCUT2D eigenvalue weighted by molar-refractivity contribution is -0.132. The predicted octanol–water partition coefficient (Wildman–Crippen LogP) is 14.8. The molecule has 422 valence electrons. The molecule has 11 rings (SSSR count). The van der Waals surface area contributed by atoms with Crippen LogP contribution >= 0.6 is 0 Å². The summed E-state index contributed by atoms with van der Waals surface area (Å²) in [7, 11) is 0. The van der Waals surface area contributed by atoms with Crippen molar-refractivity contribution in [2.75, 3.05) is 32.8 Å². The first-order chi connectivity index (χ1) is 36.2. The number of phenols is 1. The number of Topliss-reactive ketones (excluding diaryl/α,β-unsaturated/α-hetero) is 2. The number of likely N-dealkylation sites (tertiary alicyclic amines) is 1. The number of nitrogens with one attached hydrogen (secondary N) is 2. The second-order valence-corrected chi connectivity index (χ2v) is 24.3. The maximum atomic E-state index is 12.8. The summed E-state index contributed by atoms with van der Waals surface area (Å²) in [6.45, 7) is 18.7. The summed E-state index contributed by atoms with van der Waals surface area (Å²) in [5, 5.41) is 15.3. The fourth-order valence-electron chi connectivity index (χ4n) is 15.6. The van der Waals surface area contributed by atoms with E-state index in [2.05, 4.69) is 88.2 Å². The maximum Gasteiger partial charge on any atom is 0.222 e. The third-order valence-corrected chi connectivity index (χ3v) is 19.8. The predicted molar refractivity (Wildman–Crippen MR) is 312 cm³/mol. The molecule has 2 amide bonds. The Balaban J connectivity index is 0.000000228. The number of hydrogen-bond donors (Lipinski definition) is 3. The summed E-state index contributed by atoms with van der Waals surface area (Å²) in [4.78, 5) is 53.6. The first-order valence-corrected chi connectivity index (χ1v) is 29.6. The number of piperidine rings is 1. The number of aryl methyl sites for hydroxylation is 3. The van der Waals surface area contributed by atoms with Gasteiger partial charge in [0.05, 0.1) is 13.2 Å². The number of aromatic nitrogens is 1. The summed E-state index contributed by atoms with van der Waals surface area (Å²) in [5.74, 6) is 6.46. The Bertz CT molecular complexity index is 2700. The van der Waals surface area contributed by atoms with Crippen molar-refractivity contribution in [2.45, 2.75) is 209 Å². The smallest absolute Gasteiger partial charge is 0.222 e. The summed E-state index contributed by atoms with van der Waals surface area (Å²) in [6.07, 6.45) is 21.9. The van der Waals surface area contributed by atoms with Gasteiger partial charge in [-0.3, -0.25) is 19.2 Å². The lowest BCUT2D eigenvalue weighted by Crippen LogP contribution is -2.42. The Morgan fingerprint density at radius 1 is 0.766 bits per heavy atom. The van der Waals surface area contributed by atoms with Crippen molar-refractivity contribution in [1.82, 2.24) is 15.2 Å². The molecule has 1 aromatic heterocycles. The highest BCUT2D eigenvalue weighted by Gasteiger charge is 2.56. The minimum Gasteiger partial charge on any atom is -0.504 e. The monoisotopic (exact) mass is 1060 g/mol. The Hall–Kier alpha value is -5.12. The van der Waals surface area contributed by atoms with Gasteiger partial charge in [-0.25, -0.2) is 0 Å². The molecule has 0 radical (unpaired) electrons. The topological polar surface area (TPSA) is 138 Å². The molecule has 9 atom stereocenters. The lowest BCUT2D eigenvalue weighted by atomic mass is 9.55. The van der Waals surface area contributed by atoms with Crippen LogP contribution in [0.1, 0.15) is 222 Å². The molecule has 10 heteroatoms. The number of hydrogen-bond acceptors (Lipinski definition) is 7. The third-order valence-electron chi connectivity index (χ3n) is 19.8. The number of carbonyl (C=O) groups is 4. The number of aromatic hydroxyl groups is 1.